The van der Waals surface area contributed by atoms with Gasteiger partial charge < -0.3 is 10.3 Å². The molecular weight excluding hydrogens is 256 g/mol. The van der Waals surface area contributed by atoms with E-state index in [0.717, 1.165) is 23.7 Å². The Balaban J connectivity index is 2.33. The van der Waals surface area contributed by atoms with E-state index in [0.29, 0.717) is 5.92 Å². The smallest absolute Gasteiger partial charge is 0.108 e. The molecule has 1 aromatic heterocycles. The van der Waals surface area contributed by atoms with Crippen LogP contribution < -0.4 is 5.32 Å². The van der Waals surface area contributed by atoms with E-state index in [1.165, 1.54) is 27.6 Å². The third kappa shape index (κ3) is 1.94. The predicted octanol–water partition coefficient (Wildman–Crippen LogP) is 2.60. The minimum Gasteiger partial charge on any atom is -0.347 e. The van der Waals surface area contributed by atoms with Gasteiger partial charge in [-0.25, -0.2) is 0 Å². The lowest BCUT2D eigenvalue weighted by molar-refractivity contribution is 0.587. The average molecular weight is 276 g/mol. The Bertz CT molecular complexity index is 660. The van der Waals surface area contributed by atoms with E-state index >= 15 is 0 Å². The summed E-state index contributed by atoms with van der Waals surface area (Å²) in [7, 11) is 1.11. The molecule has 1 aliphatic heterocycles. The summed E-state index contributed by atoms with van der Waals surface area (Å²) in [6, 6.07) is 4.30. The number of hydrogen-bond acceptors (Lipinski definition) is 2. The molecule has 0 amide bonds. The second kappa shape index (κ2) is 4.76. The second-order valence-corrected chi connectivity index (χ2v) is 6.92. The van der Waals surface area contributed by atoms with Gasteiger partial charge in [-0.1, -0.05) is 12.1 Å². The lowest BCUT2D eigenvalue weighted by Crippen LogP contribution is -2.23. The number of aryl methyl sites for hydroxylation is 2. The van der Waals surface area contributed by atoms with E-state index < -0.39 is 10.8 Å². The second-order valence-electron chi connectivity index (χ2n) is 5.41. The molecule has 2 unspecified atom stereocenters. The van der Waals surface area contributed by atoms with Crippen LogP contribution in [-0.4, -0.2) is 28.5 Å². The Morgan fingerprint density at radius 3 is 2.84 bits per heavy atom. The first-order chi connectivity index (χ1) is 9.13. The van der Waals surface area contributed by atoms with Gasteiger partial charge in [0, 0.05) is 29.1 Å². The Hall–Kier alpha value is -1.13. The zero-order valence-corrected chi connectivity index (χ0v) is 12.5. The third-order valence-corrected chi connectivity index (χ3v) is 5.50. The fourth-order valence-electron chi connectivity index (χ4n) is 3.13. The highest BCUT2D eigenvalue weighted by Gasteiger charge is 2.29. The highest BCUT2D eigenvalue weighted by atomic mass is 32.2. The zero-order valence-electron chi connectivity index (χ0n) is 11.7. The van der Waals surface area contributed by atoms with Crippen LogP contribution in [0.2, 0.25) is 0 Å². The standard InChI is InChI=1S/C15H20N2OS/c1-9-4-5-10(2)14-12(9)13-11(8-16-3)6-7-19(18)15(13)17-14/h4-5,11,16-17H,6-8H2,1-3H3. The fourth-order valence-corrected chi connectivity index (χ4v) is 4.56. The van der Waals surface area contributed by atoms with Crippen molar-refractivity contribution in [1.29, 1.82) is 0 Å². The number of aromatic nitrogens is 1. The molecule has 0 aliphatic carbocycles. The average Bonchev–Trinajstić information content (AvgIpc) is 2.80. The normalized spacial score (nSPS) is 22.7. The van der Waals surface area contributed by atoms with E-state index in [4.69, 9.17) is 0 Å². The molecule has 0 spiro atoms. The highest BCUT2D eigenvalue weighted by molar-refractivity contribution is 7.85. The summed E-state index contributed by atoms with van der Waals surface area (Å²) in [6.07, 6.45) is 1.00. The monoisotopic (exact) mass is 276 g/mol. The van der Waals surface area contributed by atoms with Crippen molar-refractivity contribution in [3.63, 3.8) is 0 Å². The van der Waals surface area contributed by atoms with Crippen LogP contribution in [0.1, 0.15) is 29.0 Å². The number of H-pyrrole nitrogens is 1. The molecule has 19 heavy (non-hydrogen) atoms. The molecule has 2 atom stereocenters. The molecule has 0 bridgehead atoms. The van der Waals surface area contributed by atoms with Gasteiger partial charge in [-0.3, -0.25) is 4.21 Å². The molecule has 0 radical (unpaired) electrons. The molecule has 2 aromatic rings. The van der Waals surface area contributed by atoms with Crippen molar-refractivity contribution >= 4 is 21.7 Å². The van der Waals surface area contributed by atoms with E-state index in [1.807, 2.05) is 7.05 Å². The Labute approximate surface area is 116 Å². The van der Waals surface area contributed by atoms with Crippen molar-refractivity contribution < 1.29 is 4.21 Å². The van der Waals surface area contributed by atoms with Gasteiger partial charge in [0.05, 0.1) is 10.8 Å². The molecule has 2 N–H and O–H groups in total. The maximum Gasteiger partial charge on any atom is 0.108 e. The first-order valence-corrected chi connectivity index (χ1v) is 8.10. The first-order valence-electron chi connectivity index (χ1n) is 6.78. The van der Waals surface area contributed by atoms with Crippen LogP contribution in [0.15, 0.2) is 17.2 Å². The predicted molar refractivity (Wildman–Crippen MR) is 80.3 cm³/mol. The molecule has 0 fully saturated rings. The number of benzene rings is 1. The van der Waals surface area contributed by atoms with Gasteiger partial charge in [-0.15, -0.1) is 0 Å². The summed E-state index contributed by atoms with van der Waals surface area (Å²) in [5.41, 5.74) is 4.96. The van der Waals surface area contributed by atoms with Crippen molar-refractivity contribution in [3.05, 3.63) is 28.8 Å². The summed E-state index contributed by atoms with van der Waals surface area (Å²) in [5, 5.41) is 5.52. The maximum atomic E-state index is 12.3. The van der Waals surface area contributed by atoms with Gasteiger partial charge in [0.2, 0.25) is 0 Å². The highest BCUT2D eigenvalue weighted by Crippen LogP contribution is 2.39. The van der Waals surface area contributed by atoms with Gasteiger partial charge >= 0.3 is 0 Å². The van der Waals surface area contributed by atoms with Gasteiger partial charge in [-0.2, -0.15) is 0 Å². The number of aromatic amines is 1. The molecule has 102 valence electrons. The van der Waals surface area contributed by atoms with Gasteiger partial charge in [-0.05, 0) is 44.0 Å². The number of hydrogen-bond donors (Lipinski definition) is 2. The van der Waals surface area contributed by atoms with Crippen LogP contribution in [0.4, 0.5) is 0 Å². The Kier molecular flexibility index (Phi) is 3.23. The van der Waals surface area contributed by atoms with Gasteiger partial charge in [0.1, 0.15) is 5.03 Å². The molecule has 0 saturated carbocycles. The molecule has 2 heterocycles. The number of likely N-dealkylation sites (N-methyl/N-ethyl adjacent to an activating group) is 1. The van der Waals surface area contributed by atoms with Crippen LogP contribution in [0.3, 0.4) is 0 Å². The minimum absolute atomic E-state index is 0.465. The molecule has 1 aliphatic rings. The van der Waals surface area contributed by atoms with E-state index in [9.17, 15) is 4.21 Å². The van der Waals surface area contributed by atoms with Gasteiger partial charge in [0.15, 0.2) is 0 Å². The first kappa shape index (κ1) is 12.9. The van der Waals surface area contributed by atoms with Crippen molar-refractivity contribution in [2.45, 2.75) is 31.2 Å². The van der Waals surface area contributed by atoms with E-state index in [1.54, 1.807) is 0 Å². The molecular formula is C15H20N2OS. The van der Waals surface area contributed by atoms with Crippen LogP contribution >= 0.6 is 0 Å². The van der Waals surface area contributed by atoms with Crippen LogP contribution in [0.5, 0.6) is 0 Å². The summed E-state index contributed by atoms with van der Waals surface area (Å²) in [4.78, 5) is 3.44. The SMILES string of the molecule is CNCC1CCS(=O)c2[nH]c3c(C)ccc(C)c3c21. The third-order valence-electron chi connectivity index (χ3n) is 4.11. The van der Waals surface area contributed by atoms with Crippen molar-refractivity contribution in [2.24, 2.45) is 0 Å². The summed E-state index contributed by atoms with van der Waals surface area (Å²) >= 11 is 0. The Morgan fingerprint density at radius 2 is 2.11 bits per heavy atom. The fraction of sp³-hybridized carbons (Fsp3) is 0.467. The van der Waals surface area contributed by atoms with Crippen LogP contribution in [0.25, 0.3) is 10.9 Å². The van der Waals surface area contributed by atoms with Crippen molar-refractivity contribution in [1.82, 2.24) is 10.3 Å². The summed E-state index contributed by atoms with van der Waals surface area (Å²) < 4.78 is 12.3. The molecule has 1 aromatic carbocycles. The quantitative estimate of drug-likeness (QED) is 0.885. The summed E-state index contributed by atoms with van der Waals surface area (Å²) in [5.74, 6) is 1.23. The molecule has 3 nitrogen and oxygen atoms in total. The van der Waals surface area contributed by atoms with Crippen LogP contribution in [0, 0.1) is 13.8 Å². The van der Waals surface area contributed by atoms with E-state index in [-0.39, 0.29) is 0 Å². The van der Waals surface area contributed by atoms with Crippen molar-refractivity contribution in [3.8, 4) is 0 Å². The lowest BCUT2D eigenvalue weighted by atomic mass is 9.93. The van der Waals surface area contributed by atoms with Gasteiger partial charge in [0.25, 0.3) is 0 Å². The van der Waals surface area contributed by atoms with Crippen molar-refractivity contribution in [2.75, 3.05) is 19.3 Å². The van der Waals surface area contributed by atoms with E-state index in [2.05, 4.69) is 36.3 Å². The molecule has 0 saturated heterocycles. The molecule has 4 heteroatoms. The number of nitrogens with one attached hydrogen (secondary N) is 2. The Morgan fingerprint density at radius 1 is 1.37 bits per heavy atom. The molecule has 3 rings (SSSR count). The maximum absolute atomic E-state index is 12.3. The zero-order chi connectivity index (χ0) is 13.6. The number of rotatable bonds is 2. The summed E-state index contributed by atoms with van der Waals surface area (Å²) in [6.45, 7) is 5.20. The lowest BCUT2D eigenvalue weighted by Gasteiger charge is -2.22. The minimum atomic E-state index is -0.872. The largest absolute Gasteiger partial charge is 0.347 e. The topological polar surface area (TPSA) is 44.9 Å². The number of fused-ring (bicyclic) bond motifs is 3. The van der Waals surface area contributed by atoms with Crippen LogP contribution in [-0.2, 0) is 10.8 Å².